The van der Waals surface area contributed by atoms with E-state index in [1.54, 1.807) is 7.11 Å². The number of carbonyl (C=O) groups excluding carboxylic acids is 1. The van der Waals surface area contributed by atoms with Crippen LogP contribution in [0.4, 0.5) is 10.5 Å². The molecule has 1 N–H and O–H groups in total. The molecule has 2 amide bonds. The minimum absolute atomic E-state index is 0.0861. The molecule has 1 fully saturated rings. The number of aromatic nitrogens is 2. The zero-order valence-electron chi connectivity index (χ0n) is 14.9. The van der Waals surface area contributed by atoms with Crippen LogP contribution in [0, 0.1) is 0 Å². The summed E-state index contributed by atoms with van der Waals surface area (Å²) in [7, 11) is 1.62. The van der Waals surface area contributed by atoms with Gasteiger partial charge in [-0.05, 0) is 37.1 Å². The van der Waals surface area contributed by atoms with E-state index in [9.17, 15) is 4.79 Å². The number of anilines is 1. The van der Waals surface area contributed by atoms with Crippen LogP contribution in [0.15, 0.2) is 28.7 Å². The number of likely N-dealkylation sites (tertiary alicyclic amines) is 1. The summed E-state index contributed by atoms with van der Waals surface area (Å²) in [6.45, 7) is 5.41. The Morgan fingerprint density at radius 2 is 1.92 bits per heavy atom. The number of rotatable bonds is 4. The Morgan fingerprint density at radius 3 is 2.48 bits per heavy atom. The Kier molecular flexibility index (Phi) is 5.21. The fraction of sp³-hybridized carbons (Fsp3) is 0.500. The molecular formula is C18H24N4O3. The maximum absolute atomic E-state index is 12.4. The molecule has 25 heavy (non-hydrogen) atoms. The summed E-state index contributed by atoms with van der Waals surface area (Å²) in [6.07, 6.45) is 1.66. The van der Waals surface area contributed by atoms with Crippen molar-refractivity contribution in [3.05, 3.63) is 36.0 Å². The van der Waals surface area contributed by atoms with Gasteiger partial charge in [-0.15, -0.1) is 10.2 Å². The highest BCUT2D eigenvalue weighted by atomic mass is 16.5. The summed E-state index contributed by atoms with van der Waals surface area (Å²) in [5.74, 6) is 2.59. The number of amides is 2. The quantitative estimate of drug-likeness (QED) is 0.916. The molecule has 0 atom stereocenters. The normalized spacial score (nSPS) is 15.4. The summed E-state index contributed by atoms with van der Waals surface area (Å²) < 4.78 is 10.9. The maximum Gasteiger partial charge on any atom is 0.321 e. The zero-order valence-corrected chi connectivity index (χ0v) is 14.9. The second-order valence-electron chi connectivity index (χ2n) is 6.55. The lowest BCUT2D eigenvalue weighted by Gasteiger charge is -2.30. The molecule has 0 unspecified atom stereocenters. The average Bonchev–Trinajstić information content (AvgIpc) is 3.13. The molecule has 0 bridgehead atoms. The molecule has 0 radical (unpaired) electrons. The third kappa shape index (κ3) is 4.10. The number of piperidine rings is 1. The molecule has 2 heterocycles. The standard InChI is InChI=1S/C18H24N4O3/c1-12(2)16-20-21-17(25-16)13-8-10-22(11-9-13)18(23)19-14-4-6-15(24-3)7-5-14/h4-7,12-13H,8-11H2,1-3H3,(H,19,23). The topological polar surface area (TPSA) is 80.5 Å². The van der Waals surface area contributed by atoms with Crippen LogP contribution in [-0.4, -0.2) is 41.3 Å². The van der Waals surface area contributed by atoms with Crippen molar-refractivity contribution in [2.75, 3.05) is 25.5 Å². The van der Waals surface area contributed by atoms with E-state index in [0.717, 1.165) is 24.3 Å². The molecule has 7 nitrogen and oxygen atoms in total. The van der Waals surface area contributed by atoms with Gasteiger partial charge in [-0.25, -0.2) is 4.79 Å². The lowest BCUT2D eigenvalue weighted by Crippen LogP contribution is -2.40. The predicted molar refractivity (Wildman–Crippen MR) is 93.9 cm³/mol. The van der Waals surface area contributed by atoms with Crippen LogP contribution < -0.4 is 10.1 Å². The monoisotopic (exact) mass is 344 g/mol. The first kappa shape index (κ1) is 17.3. The maximum atomic E-state index is 12.4. The molecule has 0 spiro atoms. The molecule has 0 saturated carbocycles. The van der Waals surface area contributed by atoms with E-state index in [-0.39, 0.29) is 17.9 Å². The third-order valence-electron chi connectivity index (χ3n) is 4.42. The van der Waals surface area contributed by atoms with E-state index in [1.165, 1.54) is 0 Å². The van der Waals surface area contributed by atoms with Crippen LogP contribution in [0.25, 0.3) is 0 Å². The second-order valence-corrected chi connectivity index (χ2v) is 6.55. The van der Waals surface area contributed by atoms with Crippen LogP contribution >= 0.6 is 0 Å². The number of hydrogen-bond acceptors (Lipinski definition) is 5. The third-order valence-corrected chi connectivity index (χ3v) is 4.42. The first-order valence-electron chi connectivity index (χ1n) is 8.60. The summed E-state index contributed by atoms with van der Waals surface area (Å²) in [5.41, 5.74) is 0.756. The lowest BCUT2D eigenvalue weighted by atomic mass is 9.97. The molecule has 2 aromatic rings. The number of nitrogens with zero attached hydrogens (tertiary/aromatic N) is 3. The van der Waals surface area contributed by atoms with Crippen LogP contribution in [0.3, 0.4) is 0 Å². The second kappa shape index (κ2) is 7.55. The van der Waals surface area contributed by atoms with Crippen molar-refractivity contribution in [1.82, 2.24) is 15.1 Å². The van der Waals surface area contributed by atoms with Gasteiger partial charge in [-0.1, -0.05) is 13.8 Å². The predicted octanol–water partition coefficient (Wildman–Crippen LogP) is 3.61. The van der Waals surface area contributed by atoms with E-state index < -0.39 is 0 Å². The van der Waals surface area contributed by atoms with Crippen LogP contribution in [0.2, 0.25) is 0 Å². The van der Waals surface area contributed by atoms with E-state index in [2.05, 4.69) is 15.5 Å². The fourth-order valence-corrected chi connectivity index (χ4v) is 2.85. The Labute approximate surface area is 147 Å². The smallest absolute Gasteiger partial charge is 0.321 e. The minimum atomic E-state index is -0.0861. The van der Waals surface area contributed by atoms with Gasteiger partial charge < -0.3 is 19.4 Å². The minimum Gasteiger partial charge on any atom is -0.497 e. The summed E-state index contributed by atoms with van der Waals surface area (Å²) in [6, 6.07) is 7.22. The summed E-state index contributed by atoms with van der Waals surface area (Å²) in [4.78, 5) is 14.2. The number of benzene rings is 1. The van der Waals surface area contributed by atoms with Crippen molar-refractivity contribution < 1.29 is 13.9 Å². The molecule has 1 aliphatic rings. The van der Waals surface area contributed by atoms with E-state index in [4.69, 9.17) is 9.15 Å². The molecule has 1 aromatic heterocycles. The molecule has 1 saturated heterocycles. The van der Waals surface area contributed by atoms with Gasteiger partial charge in [0.2, 0.25) is 11.8 Å². The number of carbonyl (C=O) groups is 1. The molecule has 1 aliphatic heterocycles. The largest absolute Gasteiger partial charge is 0.497 e. The summed E-state index contributed by atoms with van der Waals surface area (Å²) >= 11 is 0. The number of hydrogen-bond donors (Lipinski definition) is 1. The van der Waals surface area contributed by atoms with Gasteiger partial charge in [0.15, 0.2) is 0 Å². The first-order valence-corrected chi connectivity index (χ1v) is 8.60. The van der Waals surface area contributed by atoms with Crippen molar-refractivity contribution in [1.29, 1.82) is 0 Å². The Bertz CT molecular complexity index is 703. The molecule has 1 aromatic carbocycles. The van der Waals surface area contributed by atoms with E-state index in [0.29, 0.717) is 24.9 Å². The van der Waals surface area contributed by atoms with Crippen molar-refractivity contribution >= 4 is 11.7 Å². The van der Waals surface area contributed by atoms with Gasteiger partial charge in [0.1, 0.15) is 5.75 Å². The number of urea groups is 1. The van der Waals surface area contributed by atoms with Crippen LogP contribution in [0.5, 0.6) is 5.75 Å². The Hall–Kier alpha value is -2.57. The van der Waals surface area contributed by atoms with Crippen LogP contribution in [-0.2, 0) is 0 Å². The van der Waals surface area contributed by atoms with Crippen molar-refractivity contribution in [2.24, 2.45) is 0 Å². The van der Waals surface area contributed by atoms with Gasteiger partial charge in [0.05, 0.1) is 7.11 Å². The van der Waals surface area contributed by atoms with E-state index in [1.807, 2.05) is 43.0 Å². The summed E-state index contributed by atoms with van der Waals surface area (Å²) in [5, 5.41) is 11.2. The highest BCUT2D eigenvalue weighted by molar-refractivity contribution is 5.89. The zero-order chi connectivity index (χ0) is 17.8. The number of methoxy groups -OCH3 is 1. The van der Waals surface area contributed by atoms with Crippen LogP contribution in [0.1, 0.15) is 50.3 Å². The van der Waals surface area contributed by atoms with Crippen molar-refractivity contribution in [2.45, 2.75) is 38.5 Å². The Morgan fingerprint density at radius 1 is 1.24 bits per heavy atom. The highest BCUT2D eigenvalue weighted by Crippen LogP contribution is 2.28. The SMILES string of the molecule is COc1ccc(NC(=O)N2CCC(c3nnc(C(C)C)o3)CC2)cc1. The van der Waals surface area contributed by atoms with Crippen molar-refractivity contribution in [3.63, 3.8) is 0 Å². The van der Waals surface area contributed by atoms with Gasteiger partial charge in [-0.2, -0.15) is 0 Å². The molecule has 3 rings (SSSR count). The van der Waals surface area contributed by atoms with Gasteiger partial charge in [0, 0.05) is 30.6 Å². The average molecular weight is 344 g/mol. The highest BCUT2D eigenvalue weighted by Gasteiger charge is 2.27. The Balaban J connectivity index is 1.53. The molecule has 7 heteroatoms. The first-order chi connectivity index (χ1) is 12.1. The number of ether oxygens (including phenoxy) is 1. The number of nitrogens with one attached hydrogen (secondary N) is 1. The van der Waals surface area contributed by atoms with Gasteiger partial charge in [-0.3, -0.25) is 0 Å². The van der Waals surface area contributed by atoms with Gasteiger partial charge in [0.25, 0.3) is 0 Å². The van der Waals surface area contributed by atoms with Crippen molar-refractivity contribution in [3.8, 4) is 5.75 Å². The fourth-order valence-electron chi connectivity index (χ4n) is 2.85. The van der Waals surface area contributed by atoms with E-state index >= 15 is 0 Å². The molecule has 0 aliphatic carbocycles. The lowest BCUT2D eigenvalue weighted by molar-refractivity contribution is 0.189. The molecular weight excluding hydrogens is 320 g/mol. The van der Waals surface area contributed by atoms with Gasteiger partial charge >= 0.3 is 6.03 Å². The molecule has 134 valence electrons.